The van der Waals surface area contributed by atoms with Gasteiger partial charge in [0.2, 0.25) is 5.76 Å². The van der Waals surface area contributed by atoms with Gasteiger partial charge in [-0.3, -0.25) is 4.79 Å². The number of rotatable bonds is 2. The molecular weight excluding hydrogens is 222 g/mol. The molecule has 0 atom stereocenters. The van der Waals surface area contributed by atoms with Gasteiger partial charge in [-0.25, -0.2) is 4.79 Å². The van der Waals surface area contributed by atoms with Gasteiger partial charge in [0.15, 0.2) is 5.76 Å². The van der Waals surface area contributed by atoms with Gasteiger partial charge in [-0.2, -0.15) is 0 Å². The second kappa shape index (κ2) is 4.45. The summed E-state index contributed by atoms with van der Waals surface area (Å²) < 4.78 is 4.98. The van der Waals surface area contributed by atoms with Crippen LogP contribution < -0.4 is 0 Å². The van der Waals surface area contributed by atoms with E-state index in [0.717, 1.165) is 6.42 Å². The van der Waals surface area contributed by atoms with Crippen molar-refractivity contribution in [1.29, 1.82) is 0 Å². The maximum Gasteiger partial charge on any atom is 0.371 e. The number of aromatic carboxylic acids is 1. The van der Waals surface area contributed by atoms with Crippen LogP contribution in [0.5, 0.6) is 0 Å². The van der Waals surface area contributed by atoms with E-state index in [1.165, 1.54) is 17.7 Å². The minimum absolute atomic E-state index is 0.0790. The van der Waals surface area contributed by atoms with E-state index < -0.39 is 5.97 Å². The molecule has 0 saturated carbocycles. The molecule has 5 heteroatoms. The van der Waals surface area contributed by atoms with Gasteiger partial charge < -0.3 is 14.4 Å². The highest BCUT2D eigenvalue weighted by Gasteiger charge is 2.21. The van der Waals surface area contributed by atoms with Crippen molar-refractivity contribution in [2.75, 3.05) is 13.1 Å². The van der Waals surface area contributed by atoms with Crippen molar-refractivity contribution in [3.05, 3.63) is 35.3 Å². The summed E-state index contributed by atoms with van der Waals surface area (Å²) in [7, 11) is 0. The first-order valence-corrected chi connectivity index (χ1v) is 5.36. The molecule has 1 aromatic heterocycles. The number of nitrogens with zero attached hydrogens (tertiary/aromatic N) is 1. The monoisotopic (exact) mass is 235 g/mol. The Bertz CT molecular complexity index is 486. The molecule has 1 N–H and O–H groups in total. The fourth-order valence-corrected chi connectivity index (χ4v) is 1.68. The van der Waals surface area contributed by atoms with Crippen molar-refractivity contribution in [3.63, 3.8) is 0 Å². The average Bonchev–Trinajstić information content (AvgIpc) is 2.78. The zero-order valence-corrected chi connectivity index (χ0v) is 9.47. The molecule has 0 unspecified atom stereocenters. The molecule has 0 spiro atoms. The largest absolute Gasteiger partial charge is 0.475 e. The quantitative estimate of drug-likeness (QED) is 0.793. The molecule has 0 radical (unpaired) electrons. The Hall–Kier alpha value is -2.04. The molecule has 0 aromatic carbocycles. The highest BCUT2D eigenvalue weighted by Crippen LogP contribution is 2.15. The molecule has 1 amide bonds. The van der Waals surface area contributed by atoms with Crippen LogP contribution in [0.15, 0.2) is 28.2 Å². The van der Waals surface area contributed by atoms with Crippen molar-refractivity contribution < 1.29 is 19.1 Å². The van der Waals surface area contributed by atoms with Gasteiger partial charge in [0, 0.05) is 13.1 Å². The van der Waals surface area contributed by atoms with Crippen molar-refractivity contribution >= 4 is 11.9 Å². The molecule has 0 bridgehead atoms. The van der Waals surface area contributed by atoms with Gasteiger partial charge in [0.05, 0.1) is 0 Å². The fourth-order valence-electron chi connectivity index (χ4n) is 1.68. The predicted octanol–water partition coefficient (Wildman–Crippen LogP) is 1.77. The molecule has 0 fully saturated rings. The number of amides is 1. The zero-order valence-electron chi connectivity index (χ0n) is 9.47. The number of carbonyl (C=O) groups excluding carboxylic acids is 1. The van der Waals surface area contributed by atoms with Gasteiger partial charge >= 0.3 is 5.97 Å². The third-order valence-corrected chi connectivity index (χ3v) is 2.75. The molecular formula is C12H13NO4. The summed E-state index contributed by atoms with van der Waals surface area (Å²) in [5.74, 6) is -1.56. The molecule has 90 valence electrons. The topological polar surface area (TPSA) is 70.8 Å². The Morgan fingerprint density at radius 3 is 2.59 bits per heavy atom. The Kier molecular flexibility index (Phi) is 2.99. The van der Waals surface area contributed by atoms with Crippen molar-refractivity contribution in [1.82, 2.24) is 4.90 Å². The molecule has 1 aliphatic rings. The first kappa shape index (κ1) is 11.4. The highest BCUT2D eigenvalue weighted by atomic mass is 16.4. The average molecular weight is 235 g/mol. The molecule has 0 saturated heterocycles. The van der Waals surface area contributed by atoms with Gasteiger partial charge in [0.1, 0.15) is 0 Å². The summed E-state index contributed by atoms with van der Waals surface area (Å²) in [6.45, 7) is 3.22. The summed E-state index contributed by atoms with van der Waals surface area (Å²) >= 11 is 0. The number of hydrogen-bond donors (Lipinski definition) is 1. The SMILES string of the molecule is CC1=CCN(C(=O)c2ccc(C(=O)O)o2)CC1. The van der Waals surface area contributed by atoms with Gasteiger partial charge in [-0.1, -0.05) is 11.6 Å². The molecule has 0 aliphatic carbocycles. The van der Waals surface area contributed by atoms with E-state index in [1.807, 2.05) is 13.0 Å². The van der Waals surface area contributed by atoms with E-state index in [9.17, 15) is 9.59 Å². The second-order valence-electron chi connectivity index (χ2n) is 4.02. The number of carboxylic acid groups (broad SMARTS) is 1. The van der Waals surface area contributed by atoms with E-state index in [-0.39, 0.29) is 17.4 Å². The van der Waals surface area contributed by atoms with E-state index in [0.29, 0.717) is 13.1 Å². The normalized spacial score (nSPS) is 15.6. The molecule has 2 rings (SSSR count). The highest BCUT2D eigenvalue weighted by molar-refractivity contribution is 5.93. The number of hydrogen-bond acceptors (Lipinski definition) is 3. The summed E-state index contributed by atoms with van der Waals surface area (Å²) in [4.78, 5) is 24.2. The first-order chi connectivity index (χ1) is 8.08. The van der Waals surface area contributed by atoms with Crippen LogP contribution in [0.1, 0.15) is 34.5 Å². The second-order valence-corrected chi connectivity index (χ2v) is 4.02. The van der Waals surface area contributed by atoms with Crippen LogP contribution in [0.4, 0.5) is 0 Å². The molecule has 5 nitrogen and oxygen atoms in total. The lowest BCUT2D eigenvalue weighted by molar-refractivity contribution is 0.0651. The Morgan fingerprint density at radius 2 is 2.06 bits per heavy atom. The van der Waals surface area contributed by atoms with Crippen molar-refractivity contribution in [2.45, 2.75) is 13.3 Å². The maximum absolute atomic E-state index is 12.0. The molecule has 17 heavy (non-hydrogen) atoms. The first-order valence-electron chi connectivity index (χ1n) is 5.36. The standard InChI is InChI=1S/C12H13NO4/c1-8-4-6-13(7-5-8)11(14)9-2-3-10(17-9)12(15)16/h2-4H,5-7H2,1H3,(H,15,16). The van der Waals surface area contributed by atoms with Crippen molar-refractivity contribution in [2.24, 2.45) is 0 Å². The fraction of sp³-hybridized carbons (Fsp3) is 0.333. The van der Waals surface area contributed by atoms with Crippen LogP contribution in [0.3, 0.4) is 0 Å². The summed E-state index contributed by atoms with van der Waals surface area (Å²) in [6.07, 6.45) is 2.83. The van der Waals surface area contributed by atoms with Gasteiger partial charge in [-0.05, 0) is 25.5 Å². The Balaban J connectivity index is 2.12. The lowest BCUT2D eigenvalue weighted by Crippen LogP contribution is -2.34. The summed E-state index contributed by atoms with van der Waals surface area (Å²) in [6, 6.07) is 2.69. The smallest absolute Gasteiger partial charge is 0.371 e. The van der Waals surface area contributed by atoms with Crippen LogP contribution in [0, 0.1) is 0 Å². The van der Waals surface area contributed by atoms with E-state index in [1.54, 1.807) is 4.90 Å². The minimum Gasteiger partial charge on any atom is -0.475 e. The zero-order chi connectivity index (χ0) is 12.4. The van der Waals surface area contributed by atoms with E-state index >= 15 is 0 Å². The molecule has 1 aliphatic heterocycles. The third kappa shape index (κ3) is 2.38. The summed E-state index contributed by atoms with van der Waals surface area (Å²) in [5.41, 5.74) is 1.26. The van der Waals surface area contributed by atoms with Crippen LogP contribution in [0.2, 0.25) is 0 Å². The van der Waals surface area contributed by atoms with Crippen LogP contribution >= 0.6 is 0 Å². The molecule has 1 aromatic rings. The maximum atomic E-state index is 12.0. The van der Waals surface area contributed by atoms with E-state index in [2.05, 4.69) is 0 Å². The minimum atomic E-state index is -1.17. The van der Waals surface area contributed by atoms with E-state index in [4.69, 9.17) is 9.52 Å². The predicted molar refractivity (Wildman–Crippen MR) is 59.9 cm³/mol. The van der Waals surface area contributed by atoms with Crippen LogP contribution in [-0.4, -0.2) is 35.0 Å². The third-order valence-electron chi connectivity index (χ3n) is 2.75. The Morgan fingerprint density at radius 1 is 1.35 bits per heavy atom. The van der Waals surface area contributed by atoms with Gasteiger partial charge in [-0.15, -0.1) is 0 Å². The molecule has 2 heterocycles. The summed E-state index contributed by atoms with van der Waals surface area (Å²) in [5, 5.41) is 8.70. The van der Waals surface area contributed by atoms with Gasteiger partial charge in [0.25, 0.3) is 5.91 Å². The number of carboxylic acids is 1. The lowest BCUT2D eigenvalue weighted by atomic mass is 10.1. The Labute approximate surface area is 98.3 Å². The van der Waals surface area contributed by atoms with Crippen LogP contribution in [0.25, 0.3) is 0 Å². The van der Waals surface area contributed by atoms with Crippen molar-refractivity contribution in [3.8, 4) is 0 Å². The lowest BCUT2D eigenvalue weighted by Gasteiger charge is -2.24. The number of furan rings is 1. The number of carbonyl (C=O) groups is 2. The van der Waals surface area contributed by atoms with Crippen LogP contribution in [-0.2, 0) is 0 Å².